The summed E-state index contributed by atoms with van der Waals surface area (Å²) in [6, 6.07) is 0.139. The molecule has 0 aromatic heterocycles. The van der Waals surface area contributed by atoms with E-state index in [1.54, 1.807) is 0 Å². The average molecular weight is 501 g/mol. The van der Waals surface area contributed by atoms with Gasteiger partial charge >= 0.3 is 0 Å². The van der Waals surface area contributed by atoms with E-state index in [-0.39, 0.29) is 48.2 Å². The molecule has 1 amide bonds. The minimum absolute atomic E-state index is 0. The molecule has 0 spiro atoms. The maximum atomic E-state index is 12.6. The molecule has 10 heteroatoms. The van der Waals surface area contributed by atoms with Gasteiger partial charge in [0.1, 0.15) is 0 Å². The lowest BCUT2D eigenvalue weighted by atomic mass is 9.88. The predicted octanol–water partition coefficient (Wildman–Crippen LogP) is 0.629. The molecule has 1 atom stereocenters. The molecule has 1 heterocycles. The molecule has 1 saturated heterocycles. The fourth-order valence-corrected chi connectivity index (χ4v) is 3.83. The molecule has 0 aromatic carbocycles. The van der Waals surface area contributed by atoms with Gasteiger partial charge in [-0.3, -0.25) is 9.79 Å². The molecule has 152 valence electrons. The van der Waals surface area contributed by atoms with Crippen molar-refractivity contribution in [3.05, 3.63) is 0 Å². The third-order valence-electron chi connectivity index (χ3n) is 4.79. The molecule has 2 fully saturated rings. The Bertz CT molecular complexity index is 578. The first-order valence-corrected chi connectivity index (χ1v) is 10.9. The molecule has 1 saturated carbocycles. The van der Waals surface area contributed by atoms with Crippen LogP contribution in [0.3, 0.4) is 0 Å². The predicted molar refractivity (Wildman–Crippen MR) is 114 cm³/mol. The van der Waals surface area contributed by atoms with E-state index in [2.05, 4.69) is 15.6 Å². The summed E-state index contributed by atoms with van der Waals surface area (Å²) in [7, 11) is -3.51. The van der Waals surface area contributed by atoms with Crippen LogP contribution < -0.4 is 15.8 Å². The maximum absolute atomic E-state index is 12.6. The first-order chi connectivity index (χ1) is 11.9. The Balaban J connectivity index is 0.00000338. The zero-order chi connectivity index (χ0) is 18.3. The van der Waals surface area contributed by atoms with Gasteiger partial charge in [0.15, 0.2) is 5.96 Å². The molecule has 4 N–H and O–H groups in total. The van der Waals surface area contributed by atoms with Crippen LogP contribution in [0.2, 0.25) is 0 Å². The monoisotopic (exact) mass is 501 g/mol. The van der Waals surface area contributed by atoms with Gasteiger partial charge in [-0.2, -0.15) is 0 Å². The summed E-state index contributed by atoms with van der Waals surface area (Å²) in [5.74, 6) is 0.882. The molecule has 0 bridgehead atoms. The second-order valence-corrected chi connectivity index (χ2v) is 8.61. The maximum Gasteiger partial charge on any atom is 0.225 e. The van der Waals surface area contributed by atoms with Gasteiger partial charge in [0.25, 0.3) is 0 Å². The Morgan fingerprint density at radius 3 is 2.54 bits per heavy atom. The number of carbonyl (C=O) groups excluding carboxylic acids is 1. The average Bonchev–Trinajstić information content (AvgIpc) is 3.02. The number of nitrogens with two attached hydrogens (primary N) is 1. The molecule has 2 aliphatic rings. The van der Waals surface area contributed by atoms with Crippen molar-refractivity contribution in [1.82, 2.24) is 15.5 Å². The van der Waals surface area contributed by atoms with Crippen molar-refractivity contribution in [2.24, 2.45) is 16.0 Å². The fraction of sp³-hybridized carbons (Fsp3) is 0.875. The Kier molecular flexibility index (Phi) is 10.2. The van der Waals surface area contributed by atoms with Gasteiger partial charge < -0.3 is 15.5 Å². The lowest BCUT2D eigenvalue weighted by molar-refractivity contribution is -0.135. The van der Waals surface area contributed by atoms with Crippen molar-refractivity contribution in [3.8, 4) is 0 Å². The largest absolute Gasteiger partial charge is 0.357 e. The summed E-state index contributed by atoms with van der Waals surface area (Å²) in [5, 5.41) is 11.4. The standard InChI is InChI=1S/C16H31N5O3S.HI/c1-2-18-16(19-9-11-25(17,23)24)20-14-8-10-21(12-14)15(22)13-6-4-3-5-7-13;/h13-14H,2-12H2,1H3,(H2,17,23,24)(H2,18,19,20);1H. The van der Waals surface area contributed by atoms with E-state index < -0.39 is 10.0 Å². The number of likely N-dealkylation sites (tertiary alicyclic amines) is 1. The van der Waals surface area contributed by atoms with Crippen molar-refractivity contribution in [1.29, 1.82) is 0 Å². The Hall–Kier alpha value is -0.620. The summed E-state index contributed by atoms with van der Waals surface area (Å²) in [6.07, 6.45) is 6.48. The van der Waals surface area contributed by atoms with Crippen LogP contribution in [0.4, 0.5) is 0 Å². The highest BCUT2D eigenvalue weighted by Gasteiger charge is 2.31. The molecule has 2 rings (SSSR count). The van der Waals surface area contributed by atoms with Crippen LogP contribution in [-0.2, 0) is 14.8 Å². The molecule has 0 radical (unpaired) electrons. The second-order valence-electron chi connectivity index (χ2n) is 6.88. The number of nitrogens with one attached hydrogen (secondary N) is 2. The topological polar surface area (TPSA) is 117 Å². The number of sulfonamides is 1. The van der Waals surface area contributed by atoms with E-state index in [9.17, 15) is 13.2 Å². The lowest BCUT2D eigenvalue weighted by Crippen LogP contribution is -2.45. The quantitative estimate of drug-likeness (QED) is 0.281. The molecule has 8 nitrogen and oxygen atoms in total. The van der Waals surface area contributed by atoms with Crippen LogP contribution in [0.1, 0.15) is 45.4 Å². The van der Waals surface area contributed by atoms with Gasteiger partial charge in [-0.1, -0.05) is 19.3 Å². The summed E-state index contributed by atoms with van der Waals surface area (Å²) < 4.78 is 22.0. The van der Waals surface area contributed by atoms with Crippen molar-refractivity contribution in [2.75, 3.05) is 31.9 Å². The highest BCUT2D eigenvalue weighted by molar-refractivity contribution is 14.0. The van der Waals surface area contributed by atoms with E-state index in [0.29, 0.717) is 25.0 Å². The SMILES string of the molecule is CCNC(=NCCS(N)(=O)=O)NC1CCN(C(=O)C2CCCCC2)C1.I. The number of carbonyl (C=O) groups is 1. The summed E-state index contributed by atoms with van der Waals surface area (Å²) >= 11 is 0. The van der Waals surface area contributed by atoms with Crippen molar-refractivity contribution < 1.29 is 13.2 Å². The van der Waals surface area contributed by atoms with Crippen LogP contribution in [0, 0.1) is 5.92 Å². The van der Waals surface area contributed by atoms with Crippen LogP contribution in [0.15, 0.2) is 4.99 Å². The van der Waals surface area contributed by atoms with Gasteiger partial charge in [-0.05, 0) is 26.2 Å². The van der Waals surface area contributed by atoms with E-state index in [1.165, 1.54) is 6.42 Å². The second kappa shape index (κ2) is 11.3. The number of nitrogens with zero attached hydrogens (tertiary/aromatic N) is 2. The summed E-state index contributed by atoms with van der Waals surface area (Å²) in [6.45, 7) is 4.19. The zero-order valence-corrected chi connectivity index (χ0v) is 18.6. The number of aliphatic imine (C=N–C) groups is 1. The molecule has 1 aliphatic heterocycles. The number of halogens is 1. The van der Waals surface area contributed by atoms with Gasteiger partial charge in [-0.25, -0.2) is 13.6 Å². The number of primary sulfonamides is 1. The van der Waals surface area contributed by atoms with E-state index >= 15 is 0 Å². The van der Waals surface area contributed by atoms with Gasteiger partial charge in [0, 0.05) is 31.6 Å². The first kappa shape index (κ1) is 23.4. The van der Waals surface area contributed by atoms with Gasteiger partial charge in [-0.15, -0.1) is 24.0 Å². The Labute approximate surface area is 173 Å². The molecule has 1 unspecified atom stereocenters. The van der Waals surface area contributed by atoms with E-state index in [0.717, 1.165) is 38.6 Å². The number of guanidine groups is 1. The van der Waals surface area contributed by atoms with Crippen molar-refractivity contribution in [2.45, 2.75) is 51.5 Å². The smallest absolute Gasteiger partial charge is 0.225 e. The Morgan fingerprint density at radius 1 is 1.23 bits per heavy atom. The highest BCUT2D eigenvalue weighted by atomic mass is 127. The van der Waals surface area contributed by atoms with Crippen LogP contribution >= 0.6 is 24.0 Å². The number of hydrogen-bond acceptors (Lipinski definition) is 4. The molecule has 1 aliphatic carbocycles. The molecular formula is C16H32IN5O3S. The third-order valence-corrected chi connectivity index (χ3v) is 5.54. The number of rotatable bonds is 6. The van der Waals surface area contributed by atoms with Crippen molar-refractivity contribution in [3.63, 3.8) is 0 Å². The zero-order valence-electron chi connectivity index (χ0n) is 15.4. The highest BCUT2D eigenvalue weighted by Crippen LogP contribution is 2.26. The normalized spacial score (nSPS) is 22.0. The third kappa shape index (κ3) is 7.95. The first-order valence-electron chi connectivity index (χ1n) is 9.23. The minimum atomic E-state index is -3.51. The van der Waals surface area contributed by atoms with Crippen molar-refractivity contribution >= 4 is 45.9 Å². The molecule has 26 heavy (non-hydrogen) atoms. The molecular weight excluding hydrogens is 469 g/mol. The number of hydrogen-bond donors (Lipinski definition) is 3. The van der Waals surface area contributed by atoms with E-state index in [1.807, 2.05) is 11.8 Å². The van der Waals surface area contributed by atoms with Crippen LogP contribution in [0.5, 0.6) is 0 Å². The van der Waals surface area contributed by atoms with Gasteiger partial charge in [0.2, 0.25) is 15.9 Å². The lowest BCUT2D eigenvalue weighted by Gasteiger charge is -2.26. The van der Waals surface area contributed by atoms with Gasteiger partial charge in [0.05, 0.1) is 12.3 Å². The summed E-state index contributed by atoms with van der Waals surface area (Å²) in [5.41, 5.74) is 0. The molecule has 0 aromatic rings. The van der Waals surface area contributed by atoms with Crippen LogP contribution in [0.25, 0.3) is 0 Å². The van der Waals surface area contributed by atoms with E-state index in [4.69, 9.17) is 5.14 Å². The Morgan fingerprint density at radius 2 is 1.92 bits per heavy atom. The minimum Gasteiger partial charge on any atom is -0.357 e. The number of amides is 1. The van der Waals surface area contributed by atoms with Crippen LogP contribution in [-0.4, -0.2) is 63.2 Å². The summed E-state index contributed by atoms with van der Waals surface area (Å²) in [4.78, 5) is 18.8. The fourth-order valence-electron chi connectivity index (χ4n) is 3.48.